The van der Waals surface area contributed by atoms with Crippen molar-refractivity contribution in [3.8, 4) is 11.4 Å². The average molecular weight is 318 g/mol. The third-order valence-electron chi connectivity index (χ3n) is 3.46. The van der Waals surface area contributed by atoms with E-state index in [0.29, 0.717) is 22.9 Å². The fourth-order valence-electron chi connectivity index (χ4n) is 2.27. The number of aromatic amines is 1. The Hall–Kier alpha value is -2.34. The second kappa shape index (κ2) is 6.19. The number of fused-ring (bicyclic) bond motifs is 1. The van der Waals surface area contributed by atoms with Crippen LogP contribution in [0.5, 0.6) is 0 Å². The molecule has 1 aromatic carbocycles. The van der Waals surface area contributed by atoms with Crippen LogP contribution >= 0.6 is 11.6 Å². The number of aryl methyl sites for hydroxylation is 1. The highest BCUT2D eigenvalue weighted by atomic mass is 35.5. The van der Waals surface area contributed by atoms with Crippen LogP contribution in [0.4, 0.5) is 5.69 Å². The molecule has 0 unspecified atom stereocenters. The number of carbonyl (C=O) groups excluding carboxylic acids is 1. The zero-order valence-electron chi connectivity index (χ0n) is 12.1. The molecule has 22 heavy (non-hydrogen) atoms. The van der Waals surface area contributed by atoms with Gasteiger partial charge in [-0.05, 0) is 37.1 Å². The van der Waals surface area contributed by atoms with Crippen LogP contribution in [0.3, 0.4) is 0 Å². The van der Waals surface area contributed by atoms with Crippen molar-refractivity contribution in [2.45, 2.75) is 26.2 Å². The lowest BCUT2D eigenvalue weighted by molar-refractivity contribution is -0.105. The molecule has 0 fully saturated rings. The van der Waals surface area contributed by atoms with E-state index in [1.807, 2.05) is 24.3 Å². The highest BCUT2D eigenvalue weighted by molar-refractivity contribution is 6.34. The quantitative estimate of drug-likeness (QED) is 0.685. The van der Waals surface area contributed by atoms with Crippen LogP contribution in [0, 0.1) is 0 Å². The van der Waals surface area contributed by atoms with E-state index in [1.165, 1.54) is 0 Å². The first-order valence-electron chi connectivity index (χ1n) is 7.17. The van der Waals surface area contributed by atoms with Gasteiger partial charge in [-0.25, -0.2) is 0 Å². The van der Waals surface area contributed by atoms with Gasteiger partial charge in [0.15, 0.2) is 11.5 Å². The molecule has 0 spiro atoms. The monoisotopic (exact) mass is 317 g/mol. The molecule has 1 amide bonds. The number of nitrogens with zero attached hydrogens (tertiary/aromatic N) is 3. The summed E-state index contributed by atoms with van der Waals surface area (Å²) in [5.41, 5.74) is 3.21. The first-order chi connectivity index (χ1) is 10.7. The van der Waals surface area contributed by atoms with Crippen LogP contribution in [0.15, 0.2) is 24.3 Å². The number of hydrogen-bond donors (Lipinski definition) is 2. The fraction of sp³-hybridized carbons (Fsp3) is 0.267. The second-order valence-electron chi connectivity index (χ2n) is 5.02. The smallest absolute Gasteiger partial charge is 0.211 e. The largest absolute Gasteiger partial charge is 0.329 e. The van der Waals surface area contributed by atoms with Crippen molar-refractivity contribution in [3.63, 3.8) is 0 Å². The maximum absolute atomic E-state index is 10.4. The number of aromatic nitrogens is 4. The Morgan fingerprint density at radius 2 is 2.09 bits per heavy atom. The minimum absolute atomic E-state index is 0.631. The van der Waals surface area contributed by atoms with Gasteiger partial charge in [0, 0.05) is 11.3 Å². The maximum Gasteiger partial charge on any atom is 0.211 e. The van der Waals surface area contributed by atoms with E-state index in [4.69, 9.17) is 11.6 Å². The molecule has 6 nitrogen and oxygen atoms in total. The molecule has 7 heteroatoms. The van der Waals surface area contributed by atoms with Crippen molar-refractivity contribution in [2.24, 2.45) is 0 Å². The summed E-state index contributed by atoms with van der Waals surface area (Å²) < 4.78 is 1.54. The third kappa shape index (κ3) is 2.69. The Labute approximate surface area is 132 Å². The summed E-state index contributed by atoms with van der Waals surface area (Å²) in [6.07, 6.45) is 3.65. The minimum Gasteiger partial charge on any atom is -0.329 e. The zero-order chi connectivity index (χ0) is 15.5. The van der Waals surface area contributed by atoms with E-state index in [9.17, 15) is 4.79 Å². The topological polar surface area (TPSA) is 75.1 Å². The van der Waals surface area contributed by atoms with Gasteiger partial charge in [-0.15, -0.1) is 9.73 Å². The lowest BCUT2D eigenvalue weighted by Crippen LogP contribution is -1.94. The van der Waals surface area contributed by atoms with Gasteiger partial charge in [-0.3, -0.25) is 4.79 Å². The van der Waals surface area contributed by atoms with E-state index in [-0.39, 0.29) is 0 Å². The van der Waals surface area contributed by atoms with E-state index in [0.717, 1.165) is 36.2 Å². The van der Waals surface area contributed by atoms with Crippen molar-refractivity contribution < 1.29 is 4.79 Å². The van der Waals surface area contributed by atoms with Crippen LogP contribution in [0.1, 0.15) is 25.5 Å². The number of amides is 1. The molecular formula is C15H16ClN5O. The number of H-pyrrole nitrogens is 1. The summed E-state index contributed by atoms with van der Waals surface area (Å²) in [7, 11) is 0. The Morgan fingerprint density at radius 1 is 1.32 bits per heavy atom. The number of halogens is 1. The molecule has 0 aliphatic carbocycles. The molecule has 0 atom stereocenters. The van der Waals surface area contributed by atoms with Gasteiger partial charge >= 0.3 is 0 Å². The maximum atomic E-state index is 10.4. The predicted molar refractivity (Wildman–Crippen MR) is 86.1 cm³/mol. The fourth-order valence-corrected chi connectivity index (χ4v) is 2.52. The van der Waals surface area contributed by atoms with Crippen molar-refractivity contribution in [3.05, 3.63) is 35.0 Å². The Kier molecular flexibility index (Phi) is 4.11. The molecule has 0 saturated heterocycles. The van der Waals surface area contributed by atoms with Gasteiger partial charge in [0.2, 0.25) is 6.41 Å². The summed E-state index contributed by atoms with van der Waals surface area (Å²) >= 11 is 6.36. The van der Waals surface area contributed by atoms with E-state index >= 15 is 0 Å². The molecule has 0 saturated carbocycles. The first kappa shape index (κ1) is 14.6. The number of unbranched alkanes of at least 4 members (excludes halogenated alkanes) is 1. The molecule has 114 valence electrons. The second-order valence-corrected chi connectivity index (χ2v) is 5.39. The van der Waals surface area contributed by atoms with Gasteiger partial charge in [-0.1, -0.05) is 24.9 Å². The normalized spacial score (nSPS) is 11.0. The molecule has 2 heterocycles. The summed E-state index contributed by atoms with van der Waals surface area (Å²) in [5, 5.41) is 12.1. The minimum atomic E-state index is 0.631. The molecule has 3 rings (SSSR count). The number of carbonyl (C=O) groups is 1. The first-order valence-corrected chi connectivity index (χ1v) is 7.54. The zero-order valence-corrected chi connectivity index (χ0v) is 12.9. The molecular weight excluding hydrogens is 302 g/mol. The van der Waals surface area contributed by atoms with Crippen LogP contribution in [-0.2, 0) is 11.2 Å². The van der Waals surface area contributed by atoms with Crippen molar-refractivity contribution in [1.82, 2.24) is 19.8 Å². The van der Waals surface area contributed by atoms with Gasteiger partial charge in [0.1, 0.15) is 5.02 Å². The number of anilines is 1. The number of benzene rings is 1. The lowest BCUT2D eigenvalue weighted by atomic mass is 10.2. The van der Waals surface area contributed by atoms with E-state index < -0.39 is 0 Å². The third-order valence-corrected chi connectivity index (χ3v) is 3.86. The van der Waals surface area contributed by atoms with Gasteiger partial charge < -0.3 is 10.3 Å². The van der Waals surface area contributed by atoms with Crippen LogP contribution in [0.25, 0.3) is 17.0 Å². The highest BCUT2D eigenvalue weighted by Crippen LogP contribution is 2.25. The van der Waals surface area contributed by atoms with Crippen molar-refractivity contribution >= 4 is 29.3 Å². The average Bonchev–Trinajstić information content (AvgIpc) is 3.06. The van der Waals surface area contributed by atoms with E-state index in [2.05, 4.69) is 27.4 Å². The number of nitrogens with one attached hydrogen (secondary N) is 2. The van der Waals surface area contributed by atoms with Crippen LogP contribution < -0.4 is 5.32 Å². The molecule has 2 aromatic heterocycles. The molecule has 0 aliphatic rings. The summed E-state index contributed by atoms with van der Waals surface area (Å²) in [5.74, 6) is 0.684. The van der Waals surface area contributed by atoms with Crippen LogP contribution in [0.2, 0.25) is 5.02 Å². The molecule has 0 bridgehead atoms. The van der Waals surface area contributed by atoms with Gasteiger partial charge in [0.05, 0.1) is 5.69 Å². The molecule has 3 aromatic rings. The van der Waals surface area contributed by atoms with E-state index in [1.54, 1.807) is 4.63 Å². The molecule has 0 aliphatic heterocycles. The van der Waals surface area contributed by atoms with Crippen molar-refractivity contribution in [2.75, 3.05) is 5.32 Å². The SMILES string of the molecule is CCCCc1nn2nc(-c3ccc(NC=O)cc3)[nH]c2c1Cl. The Bertz CT molecular complexity index is 790. The Balaban J connectivity index is 1.90. The molecule has 0 radical (unpaired) electrons. The summed E-state index contributed by atoms with van der Waals surface area (Å²) in [4.78, 5) is 13.6. The number of hydrogen-bond acceptors (Lipinski definition) is 3. The number of rotatable bonds is 6. The van der Waals surface area contributed by atoms with Gasteiger partial charge in [0.25, 0.3) is 0 Å². The molecule has 2 N–H and O–H groups in total. The van der Waals surface area contributed by atoms with Gasteiger partial charge in [-0.2, -0.15) is 5.10 Å². The Morgan fingerprint density at radius 3 is 2.73 bits per heavy atom. The van der Waals surface area contributed by atoms with Crippen molar-refractivity contribution in [1.29, 1.82) is 0 Å². The highest BCUT2D eigenvalue weighted by Gasteiger charge is 2.15. The predicted octanol–water partition coefficient (Wildman–Crippen LogP) is 3.29. The standard InChI is InChI=1S/C15H16ClN5O/c1-2-3-4-12-13(16)15-18-14(20-21(15)19-12)10-5-7-11(8-6-10)17-9-22/h5-9H,2-4H2,1H3,(H,17,22)(H,18,20). The summed E-state index contributed by atoms with van der Waals surface area (Å²) in [6, 6.07) is 7.36. The van der Waals surface area contributed by atoms with Crippen LogP contribution in [-0.4, -0.2) is 26.2 Å². The summed E-state index contributed by atoms with van der Waals surface area (Å²) in [6.45, 7) is 2.13. The lowest BCUT2D eigenvalue weighted by Gasteiger charge is -2.00.